The fourth-order valence-corrected chi connectivity index (χ4v) is 4.38. The van der Waals surface area contributed by atoms with Crippen molar-refractivity contribution < 1.29 is 18.3 Å². The molecule has 0 aliphatic rings. The average molecular weight is 501 g/mol. The number of primary sulfonamides is 1. The van der Waals surface area contributed by atoms with E-state index in [-0.39, 0.29) is 22.8 Å². The summed E-state index contributed by atoms with van der Waals surface area (Å²) in [6, 6.07) is 19.7. The number of aromatic nitrogens is 4. The van der Waals surface area contributed by atoms with Gasteiger partial charge in [-0.05, 0) is 29.3 Å². The number of nitrogens with one attached hydrogen (secondary N) is 1. The SMILES string of the molecule is NS(=O)(=O)c1cncc(-c2nc(NCc3ccccc3C(=O)O)c3c(-c4ccccc4)ccn3n2)c1. The van der Waals surface area contributed by atoms with Crippen LogP contribution in [0.15, 0.2) is 90.2 Å². The van der Waals surface area contributed by atoms with Crippen LogP contribution in [0.3, 0.4) is 0 Å². The third-order valence-electron chi connectivity index (χ3n) is 5.59. The summed E-state index contributed by atoms with van der Waals surface area (Å²) in [5.74, 6) is -0.380. The molecule has 0 radical (unpaired) electrons. The van der Waals surface area contributed by atoms with E-state index in [4.69, 9.17) is 5.14 Å². The van der Waals surface area contributed by atoms with Gasteiger partial charge in [-0.3, -0.25) is 4.98 Å². The molecule has 11 heteroatoms. The molecule has 0 bridgehead atoms. The molecule has 4 N–H and O–H groups in total. The highest BCUT2D eigenvalue weighted by molar-refractivity contribution is 7.89. The van der Waals surface area contributed by atoms with Gasteiger partial charge in [0.15, 0.2) is 11.6 Å². The van der Waals surface area contributed by atoms with Crippen LogP contribution < -0.4 is 10.5 Å². The minimum Gasteiger partial charge on any atom is -0.478 e. The number of nitrogens with zero attached hydrogens (tertiary/aromatic N) is 4. The van der Waals surface area contributed by atoms with E-state index in [1.165, 1.54) is 18.3 Å². The van der Waals surface area contributed by atoms with Crippen molar-refractivity contribution in [1.82, 2.24) is 19.6 Å². The number of pyridine rings is 1. The second kappa shape index (κ2) is 9.21. The van der Waals surface area contributed by atoms with Crippen molar-refractivity contribution in [2.24, 2.45) is 5.14 Å². The van der Waals surface area contributed by atoms with E-state index in [1.807, 2.05) is 36.4 Å². The monoisotopic (exact) mass is 500 g/mol. The van der Waals surface area contributed by atoms with Gasteiger partial charge in [0.25, 0.3) is 0 Å². The summed E-state index contributed by atoms with van der Waals surface area (Å²) in [5.41, 5.74) is 3.60. The number of rotatable bonds is 7. The van der Waals surface area contributed by atoms with Crippen LogP contribution in [-0.2, 0) is 16.6 Å². The second-order valence-electron chi connectivity index (χ2n) is 7.94. The topological polar surface area (TPSA) is 153 Å². The molecule has 3 heterocycles. The maximum atomic E-state index is 11.8. The standard InChI is InChI=1S/C25H20N6O4S/c26-36(34,35)19-12-18(13-27-15-19)23-29-24(28-14-17-8-4-5-9-21(17)25(32)33)22-20(10-11-31(22)30-23)16-6-2-1-3-7-16/h1-13,15H,14H2,(H,32,33)(H2,26,34,35)(H,28,29,30). The van der Waals surface area contributed by atoms with Crippen LogP contribution in [0.4, 0.5) is 5.82 Å². The lowest BCUT2D eigenvalue weighted by Gasteiger charge is -2.13. The zero-order valence-corrected chi connectivity index (χ0v) is 19.6. The molecule has 180 valence electrons. The van der Waals surface area contributed by atoms with E-state index in [2.05, 4.69) is 20.4 Å². The van der Waals surface area contributed by atoms with Crippen LogP contribution in [0.2, 0.25) is 0 Å². The number of fused-ring (bicyclic) bond motifs is 1. The number of hydrogen-bond donors (Lipinski definition) is 3. The Morgan fingerprint density at radius 1 is 1.00 bits per heavy atom. The van der Waals surface area contributed by atoms with E-state index in [9.17, 15) is 18.3 Å². The lowest BCUT2D eigenvalue weighted by molar-refractivity contribution is 0.0695. The number of carbonyl (C=O) groups is 1. The first-order chi connectivity index (χ1) is 17.3. The van der Waals surface area contributed by atoms with E-state index in [0.29, 0.717) is 22.5 Å². The van der Waals surface area contributed by atoms with E-state index in [0.717, 1.165) is 17.3 Å². The van der Waals surface area contributed by atoms with Gasteiger partial charge in [0.2, 0.25) is 10.0 Å². The van der Waals surface area contributed by atoms with Gasteiger partial charge in [0.05, 0.1) is 5.56 Å². The maximum Gasteiger partial charge on any atom is 0.336 e. The predicted molar refractivity (Wildman–Crippen MR) is 134 cm³/mol. The van der Waals surface area contributed by atoms with Gasteiger partial charge >= 0.3 is 5.97 Å². The van der Waals surface area contributed by atoms with Gasteiger partial charge in [-0.1, -0.05) is 48.5 Å². The Hall–Kier alpha value is -4.61. The van der Waals surface area contributed by atoms with E-state index in [1.54, 1.807) is 28.9 Å². The Labute approximate surface area is 206 Å². The summed E-state index contributed by atoms with van der Waals surface area (Å²) >= 11 is 0. The van der Waals surface area contributed by atoms with Crippen LogP contribution in [0.1, 0.15) is 15.9 Å². The van der Waals surface area contributed by atoms with Crippen molar-refractivity contribution in [2.45, 2.75) is 11.4 Å². The molecule has 3 aromatic heterocycles. The van der Waals surface area contributed by atoms with Crippen molar-refractivity contribution >= 4 is 27.3 Å². The van der Waals surface area contributed by atoms with Gasteiger partial charge in [-0.2, -0.15) is 0 Å². The van der Waals surface area contributed by atoms with Crippen LogP contribution in [0.25, 0.3) is 28.0 Å². The zero-order valence-electron chi connectivity index (χ0n) is 18.7. The summed E-state index contributed by atoms with van der Waals surface area (Å²) in [6.07, 6.45) is 4.37. The van der Waals surface area contributed by atoms with E-state index < -0.39 is 16.0 Å². The van der Waals surface area contributed by atoms with Gasteiger partial charge in [-0.25, -0.2) is 27.9 Å². The Morgan fingerprint density at radius 2 is 1.75 bits per heavy atom. The first-order valence-electron chi connectivity index (χ1n) is 10.8. The van der Waals surface area contributed by atoms with Crippen molar-refractivity contribution in [3.63, 3.8) is 0 Å². The first-order valence-corrected chi connectivity index (χ1v) is 12.3. The molecule has 0 saturated heterocycles. The fourth-order valence-electron chi connectivity index (χ4n) is 3.88. The number of nitrogens with two attached hydrogens (primary N) is 1. The Bertz CT molecular complexity index is 1700. The molecule has 0 saturated carbocycles. The number of aromatic carboxylic acids is 1. The molecular weight excluding hydrogens is 480 g/mol. The van der Waals surface area contributed by atoms with Crippen LogP contribution in [-0.4, -0.2) is 39.1 Å². The molecule has 0 aliphatic carbocycles. The van der Waals surface area contributed by atoms with Crippen molar-refractivity contribution in [1.29, 1.82) is 0 Å². The number of sulfonamides is 1. The van der Waals surface area contributed by atoms with Crippen molar-refractivity contribution in [3.8, 4) is 22.5 Å². The smallest absolute Gasteiger partial charge is 0.336 e. The molecule has 10 nitrogen and oxygen atoms in total. The number of carboxylic acid groups (broad SMARTS) is 1. The van der Waals surface area contributed by atoms with Gasteiger partial charge in [0.1, 0.15) is 10.4 Å². The highest BCUT2D eigenvalue weighted by atomic mass is 32.2. The molecule has 5 rings (SSSR count). The number of anilines is 1. The van der Waals surface area contributed by atoms with Gasteiger partial charge in [0, 0.05) is 36.3 Å². The highest BCUT2D eigenvalue weighted by Gasteiger charge is 2.18. The molecule has 0 spiro atoms. The quantitative estimate of drug-likeness (QED) is 0.307. The summed E-state index contributed by atoms with van der Waals surface area (Å²) in [6.45, 7) is 0.184. The maximum absolute atomic E-state index is 11.8. The first kappa shape index (κ1) is 23.1. The largest absolute Gasteiger partial charge is 0.478 e. The molecular formula is C25H20N6O4S. The summed E-state index contributed by atoms with van der Waals surface area (Å²) in [7, 11) is -3.97. The minimum atomic E-state index is -3.97. The molecule has 0 aliphatic heterocycles. The van der Waals surface area contributed by atoms with Crippen molar-refractivity contribution in [2.75, 3.05) is 5.32 Å². The summed E-state index contributed by atoms with van der Waals surface area (Å²) in [5, 5.41) is 22.6. The molecule has 0 atom stereocenters. The van der Waals surface area contributed by atoms with Crippen LogP contribution in [0.5, 0.6) is 0 Å². The molecule has 0 fully saturated rings. The zero-order chi connectivity index (χ0) is 25.3. The lowest BCUT2D eigenvalue weighted by Crippen LogP contribution is -2.13. The molecule has 0 amide bonds. The fraction of sp³-hybridized carbons (Fsp3) is 0.0400. The molecule has 36 heavy (non-hydrogen) atoms. The predicted octanol–water partition coefficient (Wildman–Crippen LogP) is 3.42. The minimum absolute atomic E-state index is 0.161. The van der Waals surface area contributed by atoms with E-state index >= 15 is 0 Å². The molecule has 2 aromatic carbocycles. The van der Waals surface area contributed by atoms with Crippen molar-refractivity contribution in [3.05, 3.63) is 96.4 Å². The Balaban J connectivity index is 1.65. The Morgan fingerprint density at radius 3 is 2.50 bits per heavy atom. The molecule has 0 unspecified atom stereocenters. The summed E-state index contributed by atoms with van der Waals surface area (Å²) < 4.78 is 25.3. The summed E-state index contributed by atoms with van der Waals surface area (Å²) in [4.78, 5) is 20.2. The third kappa shape index (κ3) is 4.52. The highest BCUT2D eigenvalue weighted by Crippen LogP contribution is 2.31. The second-order valence-corrected chi connectivity index (χ2v) is 9.50. The van der Waals surface area contributed by atoms with Gasteiger partial charge in [-0.15, -0.1) is 5.10 Å². The van der Waals surface area contributed by atoms with Crippen LogP contribution in [0, 0.1) is 0 Å². The number of carboxylic acids is 1. The number of benzene rings is 2. The lowest BCUT2D eigenvalue weighted by atomic mass is 10.1. The number of hydrogen-bond acceptors (Lipinski definition) is 7. The third-order valence-corrected chi connectivity index (χ3v) is 6.47. The van der Waals surface area contributed by atoms with Gasteiger partial charge < -0.3 is 10.4 Å². The molecule has 5 aromatic rings. The average Bonchev–Trinajstić information content (AvgIpc) is 3.32. The Kier molecular flexibility index (Phi) is 5.92. The normalized spacial score (nSPS) is 11.5. The van der Waals surface area contributed by atoms with Crippen LogP contribution >= 0.6 is 0 Å².